The lowest BCUT2D eigenvalue weighted by Crippen LogP contribution is -2.22. The second-order valence-corrected chi connectivity index (χ2v) is 3.10. The van der Waals surface area contributed by atoms with Crippen molar-refractivity contribution < 1.29 is 9.53 Å². The summed E-state index contributed by atoms with van der Waals surface area (Å²) in [5.74, 6) is 0.418. The smallest absolute Gasteiger partial charge is 0.262 e. The van der Waals surface area contributed by atoms with Gasteiger partial charge in [0.25, 0.3) is 5.91 Å². The molecular weight excluding hydrogens is 188 g/mol. The fourth-order valence-corrected chi connectivity index (χ4v) is 1.52. The van der Waals surface area contributed by atoms with Crippen LogP contribution in [0, 0.1) is 11.3 Å². The van der Waals surface area contributed by atoms with Crippen molar-refractivity contribution in [3.8, 4) is 11.8 Å². The van der Waals surface area contributed by atoms with Gasteiger partial charge in [0.15, 0.2) is 0 Å². The maximum atomic E-state index is 11.2. The molecular formula is C8H8N2O2S. The van der Waals surface area contributed by atoms with Crippen LogP contribution < -0.4 is 10.1 Å². The number of carbonyl (C=O) groups is 1. The van der Waals surface area contributed by atoms with Crippen molar-refractivity contribution >= 4 is 17.2 Å². The molecule has 5 heteroatoms. The Morgan fingerprint density at radius 3 is 3.15 bits per heavy atom. The second kappa shape index (κ2) is 4.48. The third kappa shape index (κ3) is 2.46. The van der Waals surface area contributed by atoms with Gasteiger partial charge in [0.1, 0.15) is 12.3 Å². The van der Waals surface area contributed by atoms with Gasteiger partial charge in [-0.15, -0.1) is 11.3 Å². The number of amides is 1. The molecule has 4 nitrogen and oxygen atoms in total. The lowest BCUT2D eigenvalue weighted by molar-refractivity contribution is 0.0962. The number of nitrogens with zero attached hydrogens (tertiary/aromatic N) is 1. The zero-order valence-electron chi connectivity index (χ0n) is 7.03. The molecule has 1 heterocycles. The van der Waals surface area contributed by atoms with Crippen LogP contribution in [-0.4, -0.2) is 19.6 Å². The highest BCUT2D eigenvalue weighted by Gasteiger charge is 2.07. The first-order valence-corrected chi connectivity index (χ1v) is 4.43. The van der Waals surface area contributed by atoms with E-state index in [1.807, 2.05) is 6.07 Å². The second-order valence-electron chi connectivity index (χ2n) is 2.19. The molecule has 0 radical (unpaired) electrons. The van der Waals surface area contributed by atoms with E-state index in [-0.39, 0.29) is 12.5 Å². The number of ether oxygens (including phenoxy) is 1. The topological polar surface area (TPSA) is 62.1 Å². The summed E-state index contributed by atoms with van der Waals surface area (Å²) in [5, 5.41) is 12.4. The predicted octanol–water partition coefficient (Wildman–Crippen LogP) is 1.01. The van der Waals surface area contributed by atoms with Crippen LogP contribution in [0.25, 0.3) is 0 Å². The maximum Gasteiger partial charge on any atom is 0.262 e. The molecule has 1 aromatic rings. The van der Waals surface area contributed by atoms with Crippen LogP contribution in [0.5, 0.6) is 5.75 Å². The van der Waals surface area contributed by atoms with E-state index in [2.05, 4.69) is 5.32 Å². The van der Waals surface area contributed by atoms with Crippen molar-refractivity contribution in [2.75, 3.05) is 13.7 Å². The van der Waals surface area contributed by atoms with Gasteiger partial charge in [0.05, 0.1) is 18.1 Å². The largest absolute Gasteiger partial charge is 0.496 e. The third-order valence-corrected chi connectivity index (χ3v) is 2.27. The van der Waals surface area contributed by atoms with Gasteiger partial charge in [-0.2, -0.15) is 5.26 Å². The predicted molar refractivity (Wildman–Crippen MR) is 48.8 cm³/mol. The van der Waals surface area contributed by atoms with Gasteiger partial charge < -0.3 is 10.1 Å². The standard InChI is InChI=1S/C8H8N2O2S/c1-12-6-4-7(13-5-6)8(11)10-3-2-9/h4-5H,3H2,1H3,(H,10,11). The van der Waals surface area contributed by atoms with Gasteiger partial charge in [-0.1, -0.05) is 0 Å². The van der Waals surface area contributed by atoms with Gasteiger partial charge in [0.2, 0.25) is 0 Å². The number of hydrogen-bond donors (Lipinski definition) is 1. The van der Waals surface area contributed by atoms with E-state index in [9.17, 15) is 4.79 Å². The Bertz CT molecular complexity index is 340. The summed E-state index contributed by atoms with van der Waals surface area (Å²) in [5.41, 5.74) is 0. The summed E-state index contributed by atoms with van der Waals surface area (Å²) in [7, 11) is 1.54. The average molecular weight is 196 g/mol. The summed E-state index contributed by atoms with van der Waals surface area (Å²) in [6.07, 6.45) is 0. The van der Waals surface area contributed by atoms with Crippen LogP contribution in [0.1, 0.15) is 9.67 Å². The van der Waals surface area contributed by atoms with E-state index >= 15 is 0 Å². The van der Waals surface area contributed by atoms with Gasteiger partial charge in [-0.05, 0) is 0 Å². The monoisotopic (exact) mass is 196 g/mol. The third-order valence-electron chi connectivity index (χ3n) is 1.36. The first-order valence-electron chi connectivity index (χ1n) is 3.55. The molecule has 1 aromatic heterocycles. The van der Waals surface area contributed by atoms with Gasteiger partial charge in [-0.25, -0.2) is 0 Å². The molecule has 0 aliphatic carbocycles. The lowest BCUT2D eigenvalue weighted by atomic mass is 10.4. The van der Waals surface area contributed by atoms with Crippen LogP contribution >= 0.6 is 11.3 Å². The lowest BCUT2D eigenvalue weighted by Gasteiger charge is -1.95. The summed E-state index contributed by atoms with van der Waals surface area (Å²) < 4.78 is 4.91. The fourth-order valence-electron chi connectivity index (χ4n) is 0.752. The number of hydrogen-bond acceptors (Lipinski definition) is 4. The van der Waals surface area contributed by atoms with Crippen LogP contribution in [0.3, 0.4) is 0 Å². The van der Waals surface area contributed by atoms with E-state index in [0.29, 0.717) is 10.6 Å². The maximum absolute atomic E-state index is 11.2. The van der Waals surface area contributed by atoms with E-state index in [0.717, 1.165) is 0 Å². The first kappa shape index (κ1) is 9.55. The molecule has 0 saturated heterocycles. The van der Waals surface area contributed by atoms with Crippen LogP contribution in [0.2, 0.25) is 0 Å². The van der Waals surface area contributed by atoms with Crippen LogP contribution in [0.4, 0.5) is 0 Å². The minimum atomic E-state index is -0.241. The Hall–Kier alpha value is -1.54. The van der Waals surface area contributed by atoms with E-state index < -0.39 is 0 Å². The molecule has 0 atom stereocenters. The highest BCUT2D eigenvalue weighted by Crippen LogP contribution is 2.20. The van der Waals surface area contributed by atoms with Gasteiger partial charge >= 0.3 is 0 Å². The molecule has 1 rings (SSSR count). The molecule has 1 amide bonds. The fraction of sp³-hybridized carbons (Fsp3) is 0.250. The highest BCUT2D eigenvalue weighted by atomic mass is 32.1. The van der Waals surface area contributed by atoms with Crippen molar-refractivity contribution in [1.82, 2.24) is 5.32 Å². The van der Waals surface area contributed by atoms with Crippen LogP contribution in [0.15, 0.2) is 11.4 Å². The number of carbonyl (C=O) groups excluding carboxylic acids is 1. The molecule has 0 saturated carbocycles. The summed E-state index contributed by atoms with van der Waals surface area (Å²) in [6, 6.07) is 3.47. The molecule has 0 fully saturated rings. The Kier molecular flexibility index (Phi) is 3.29. The molecule has 0 aliphatic rings. The van der Waals surface area contributed by atoms with Crippen molar-refractivity contribution in [2.24, 2.45) is 0 Å². The Labute approximate surface area is 79.7 Å². The highest BCUT2D eigenvalue weighted by molar-refractivity contribution is 7.12. The van der Waals surface area contributed by atoms with E-state index in [1.165, 1.54) is 11.3 Å². The van der Waals surface area contributed by atoms with Gasteiger partial charge in [-0.3, -0.25) is 4.79 Å². The van der Waals surface area contributed by atoms with Crippen molar-refractivity contribution in [3.63, 3.8) is 0 Å². The Balaban J connectivity index is 2.62. The molecule has 0 aliphatic heterocycles. The summed E-state index contributed by atoms with van der Waals surface area (Å²) >= 11 is 1.29. The number of rotatable bonds is 3. The quantitative estimate of drug-likeness (QED) is 0.734. The van der Waals surface area contributed by atoms with Crippen molar-refractivity contribution in [3.05, 3.63) is 16.3 Å². The molecule has 13 heavy (non-hydrogen) atoms. The van der Waals surface area contributed by atoms with Crippen LogP contribution in [-0.2, 0) is 0 Å². The molecule has 1 N–H and O–H groups in total. The van der Waals surface area contributed by atoms with Crippen molar-refractivity contribution in [2.45, 2.75) is 0 Å². The number of nitriles is 1. The summed E-state index contributed by atoms with van der Waals surface area (Å²) in [4.78, 5) is 11.8. The Morgan fingerprint density at radius 1 is 1.85 bits per heavy atom. The first-order chi connectivity index (χ1) is 6.27. The van der Waals surface area contributed by atoms with E-state index in [1.54, 1.807) is 18.6 Å². The van der Waals surface area contributed by atoms with Crippen molar-refractivity contribution in [1.29, 1.82) is 5.26 Å². The molecule has 0 spiro atoms. The number of nitrogens with one attached hydrogen (secondary N) is 1. The van der Waals surface area contributed by atoms with E-state index in [4.69, 9.17) is 10.00 Å². The molecule has 0 bridgehead atoms. The number of methoxy groups -OCH3 is 1. The molecule has 68 valence electrons. The normalized spacial score (nSPS) is 8.92. The molecule has 0 aromatic carbocycles. The minimum absolute atomic E-state index is 0.0268. The Morgan fingerprint density at radius 2 is 2.62 bits per heavy atom. The SMILES string of the molecule is COc1csc(C(=O)NCC#N)c1. The molecule has 0 unspecified atom stereocenters. The zero-order valence-corrected chi connectivity index (χ0v) is 7.85. The minimum Gasteiger partial charge on any atom is -0.496 e. The summed E-state index contributed by atoms with van der Waals surface area (Å²) in [6.45, 7) is 0.0268. The zero-order chi connectivity index (χ0) is 9.68. The van der Waals surface area contributed by atoms with Gasteiger partial charge in [0, 0.05) is 11.4 Å². The average Bonchev–Trinajstić information content (AvgIpc) is 2.62. The number of thiophene rings is 1.